The van der Waals surface area contributed by atoms with E-state index in [2.05, 4.69) is 4.98 Å². The number of carbonyl (C=O) groups is 1. The maximum Gasteiger partial charge on any atom is 1.00 e. The van der Waals surface area contributed by atoms with Crippen LogP contribution < -0.4 is 34.7 Å². The molecule has 0 aliphatic heterocycles. The molecule has 0 fully saturated rings. The third-order valence-corrected chi connectivity index (χ3v) is 2.15. The largest absolute Gasteiger partial charge is 1.00 e. The van der Waals surface area contributed by atoms with Crippen molar-refractivity contribution in [2.45, 2.75) is 0 Å². The van der Waals surface area contributed by atoms with Crippen molar-refractivity contribution in [2.24, 2.45) is 0 Å². The van der Waals surface area contributed by atoms with Crippen molar-refractivity contribution < 1.29 is 39.5 Å². The molecule has 0 atom stereocenters. The van der Waals surface area contributed by atoms with Gasteiger partial charge in [0.1, 0.15) is 10.8 Å². The first kappa shape index (κ1) is 9.73. The normalized spacial score (nSPS) is 9.67. The molecule has 2 aromatic heterocycles. The van der Waals surface area contributed by atoms with Crippen molar-refractivity contribution in [3.8, 4) is 0 Å². The van der Waals surface area contributed by atoms with Gasteiger partial charge in [0.25, 0.3) is 0 Å². The molecule has 2 aromatic rings. The van der Waals surface area contributed by atoms with Crippen LogP contribution in [0.1, 0.15) is 10.6 Å². The molecule has 0 N–H and O–H groups in total. The number of thiazole rings is 1. The first-order valence-corrected chi connectivity index (χ1v) is 3.79. The quantitative estimate of drug-likeness (QED) is 0.444. The molecule has 0 unspecified atom stereocenters. The standard InChI is InChI=1S/C6H4N2O2S.Na/c9-6(10)5-7-3-4-8(5)1-2-11-4;/h1-3H,(H,9,10);/q;+1/p-1. The second-order valence-electron chi connectivity index (χ2n) is 1.98. The van der Waals surface area contributed by atoms with Crippen molar-refractivity contribution in [2.75, 3.05) is 0 Å². The van der Waals surface area contributed by atoms with Gasteiger partial charge in [-0.05, 0) is 0 Å². The molecule has 0 radical (unpaired) electrons. The third kappa shape index (κ3) is 1.40. The fourth-order valence-corrected chi connectivity index (χ4v) is 1.58. The number of carbonyl (C=O) groups excluding carboxylic acids is 1. The Balaban J connectivity index is 0.000000720. The number of aromatic carboxylic acids is 1. The van der Waals surface area contributed by atoms with E-state index in [4.69, 9.17) is 0 Å². The van der Waals surface area contributed by atoms with Crippen molar-refractivity contribution >= 4 is 22.1 Å². The van der Waals surface area contributed by atoms with Gasteiger partial charge in [0.2, 0.25) is 0 Å². The number of fused-ring (bicyclic) bond motifs is 1. The molecule has 2 rings (SSSR count). The summed E-state index contributed by atoms with van der Waals surface area (Å²) >= 11 is 1.43. The van der Waals surface area contributed by atoms with Gasteiger partial charge in [-0.25, -0.2) is 4.98 Å². The number of imidazole rings is 1. The summed E-state index contributed by atoms with van der Waals surface area (Å²) in [5.74, 6) is -1.29. The number of hydrogen-bond donors (Lipinski definition) is 0. The van der Waals surface area contributed by atoms with Gasteiger partial charge in [-0.1, -0.05) is 0 Å². The van der Waals surface area contributed by atoms with Gasteiger partial charge in [-0.3, -0.25) is 4.40 Å². The van der Waals surface area contributed by atoms with Crippen LogP contribution in [0, 0.1) is 0 Å². The van der Waals surface area contributed by atoms with E-state index in [1.54, 1.807) is 11.6 Å². The predicted octanol–water partition coefficient (Wildman–Crippen LogP) is -3.24. The average molecular weight is 190 g/mol. The van der Waals surface area contributed by atoms with Crippen molar-refractivity contribution in [3.63, 3.8) is 0 Å². The van der Waals surface area contributed by atoms with Crippen LogP contribution in [0.2, 0.25) is 0 Å². The first-order valence-electron chi connectivity index (χ1n) is 2.91. The molecule has 4 nitrogen and oxygen atoms in total. The van der Waals surface area contributed by atoms with Crippen molar-refractivity contribution in [3.05, 3.63) is 23.6 Å². The third-order valence-electron chi connectivity index (χ3n) is 1.34. The minimum Gasteiger partial charge on any atom is -0.542 e. The molecule has 0 aliphatic carbocycles. The van der Waals surface area contributed by atoms with Gasteiger partial charge in [0.05, 0.1) is 6.20 Å². The van der Waals surface area contributed by atoms with Gasteiger partial charge in [-0.15, -0.1) is 11.3 Å². The molecular formula is C6H3N2NaO2S. The molecule has 12 heavy (non-hydrogen) atoms. The predicted molar refractivity (Wildman–Crippen MR) is 37.4 cm³/mol. The first-order chi connectivity index (χ1) is 5.29. The molecule has 56 valence electrons. The maximum atomic E-state index is 10.4. The summed E-state index contributed by atoms with van der Waals surface area (Å²) in [4.78, 5) is 14.9. The van der Waals surface area contributed by atoms with Crippen LogP contribution in [0.25, 0.3) is 4.83 Å². The summed E-state index contributed by atoms with van der Waals surface area (Å²) < 4.78 is 1.49. The SMILES string of the molecule is O=C([O-])c1ncc2sccn12.[Na+]. The van der Waals surface area contributed by atoms with E-state index in [1.165, 1.54) is 21.9 Å². The second kappa shape index (κ2) is 3.57. The zero-order chi connectivity index (χ0) is 7.84. The van der Waals surface area contributed by atoms with Gasteiger partial charge in [0.15, 0.2) is 5.82 Å². The van der Waals surface area contributed by atoms with E-state index < -0.39 is 5.97 Å². The number of aromatic nitrogens is 2. The zero-order valence-corrected chi connectivity index (χ0v) is 9.17. The maximum absolute atomic E-state index is 10.4. The summed E-state index contributed by atoms with van der Waals surface area (Å²) in [7, 11) is 0. The van der Waals surface area contributed by atoms with E-state index in [9.17, 15) is 9.90 Å². The molecule has 0 saturated heterocycles. The Morgan fingerprint density at radius 2 is 2.42 bits per heavy atom. The molecule has 0 bridgehead atoms. The number of rotatable bonds is 1. The Morgan fingerprint density at radius 3 is 3.08 bits per heavy atom. The van der Waals surface area contributed by atoms with Crippen LogP contribution >= 0.6 is 11.3 Å². The Labute approximate surface area is 94.1 Å². The van der Waals surface area contributed by atoms with Gasteiger partial charge < -0.3 is 9.90 Å². The fourth-order valence-electron chi connectivity index (χ4n) is 0.888. The number of carboxylic acids is 1. The summed E-state index contributed by atoms with van der Waals surface area (Å²) in [6.45, 7) is 0. The van der Waals surface area contributed by atoms with Crippen LogP contribution in [-0.4, -0.2) is 15.4 Å². The van der Waals surface area contributed by atoms with Crippen LogP contribution in [0.4, 0.5) is 0 Å². The van der Waals surface area contributed by atoms with Crippen molar-refractivity contribution in [1.82, 2.24) is 9.38 Å². The summed E-state index contributed by atoms with van der Waals surface area (Å²) in [5.41, 5.74) is 0. The monoisotopic (exact) mass is 190 g/mol. The smallest absolute Gasteiger partial charge is 0.542 e. The van der Waals surface area contributed by atoms with Crippen LogP contribution in [-0.2, 0) is 0 Å². The number of carboxylic acid groups (broad SMARTS) is 1. The molecule has 0 saturated carbocycles. The van der Waals surface area contributed by atoms with Gasteiger partial charge in [-0.2, -0.15) is 0 Å². The van der Waals surface area contributed by atoms with Crippen LogP contribution in [0.15, 0.2) is 17.8 Å². The van der Waals surface area contributed by atoms with E-state index in [1.807, 2.05) is 0 Å². The molecule has 2 heterocycles. The van der Waals surface area contributed by atoms with E-state index >= 15 is 0 Å². The minimum atomic E-state index is -1.25. The fraction of sp³-hybridized carbons (Fsp3) is 0. The molecule has 0 amide bonds. The molecule has 6 heteroatoms. The Morgan fingerprint density at radius 1 is 1.67 bits per heavy atom. The number of nitrogens with zero attached hydrogens (tertiary/aromatic N) is 2. The summed E-state index contributed by atoms with van der Waals surface area (Å²) in [6.07, 6.45) is 3.16. The average Bonchev–Trinajstić information content (AvgIpc) is 2.41. The molecule has 0 spiro atoms. The Kier molecular flexibility index (Phi) is 2.89. The van der Waals surface area contributed by atoms with E-state index in [0.29, 0.717) is 0 Å². The topological polar surface area (TPSA) is 57.4 Å². The van der Waals surface area contributed by atoms with Crippen LogP contribution in [0.3, 0.4) is 0 Å². The second-order valence-corrected chi connectivity index (χ2v) is 2.91. The minimum absolute atomic E-state index is 0. The van der Waals surface area contributed by atoms with E-state index in [0.717, 1.165) is 4.83 Å². The molecule has 0 aliphatic rings. The van der Waals surface area contributed by atoms with Crippen LogP contribution in [0.5, 0.6) is 0 Å². The summed E-state index contributed by atoms with van der Waals surface area (Å²) in [5, 5.41) is 12.2. The Bertz CT molecular complexity index is 408. The molecular weight excluding hydrogens is 187 g/mol. The zero-order valence-electron chi connectivity index (χ0n) is 6.35. The Hall–Kier alpha value is -0.360. The number of hydrogen-bond acceptors (Lipinski definition) is 4. The van der Waals surface area contributed by atoms with E-state index in [-0.39, 0.29) is 35.4 Å². The van der Waals surface area contributed by atoms with Crippen molar-refractivity contribution in [1.29, 1.82) is 0 Å². The van der Waals surface area contributed by atoms with Gasteiger partial charge in [0, 0.05) is 11.6 Å². The summed E-state index contributed by atoms with van der Waals surface area (Å²) in [6, 6.07) is 0. The molecule has 0 aromatic carbocycles. The van der Waals surface area contributed by atoms with Gasteiger partial charge >= 0.3 is 29.6 Å².